The molecule has 164 valence electrons. The Morgan fingerprint density at radius 1 is 1.19 bits per heavy atom. The number of aromatic nitrogens is 1. The van der Waals surface area contributed by atoms with Gasteiger partial charge < -0.3 is 4.57 Å². The highest BCUT2D eigenvalue weighted by molar-refractivity contribution is 7.89. The van der Waals surface area contributed by atoms with E-state index in [9.17, 15) is 13.2 Å². The highest BCUT2D eigenvalue weighted by atomic mass is 35.5. The standard InChI is InChI=1S/C22H24ClN3O3S2/c1-4-25-19-12-14(2)15(3)13-20(19)30-22(25)24-21(27)18-6-5-11-26(18)31(28,29)17-9-7-16(23)8-10-17/h7-10,12-13,18H,4-6,11H2,1-3H3. The zero-order valence-corrected chi connectivity index (χ0v) is 20.0. The van der Waals surface area contributed by atoms with Crippen LogP contribution in [0.15, 0.2) is 46.3 Å². The molecule has 0 N–H and O–H groups in total. The quantitative estimate of drug-likeness (QED) is 0.563. The lowest BCUT2D eigenvalue weighted by Gasteiger charge is -2.21. The maximum Gasteiger partial charge on any atom is 0.266 e. The average Bonchev–Trinajstić information content (AvgIpc) is 3.34. The smallest absolute Gasteiger partial charge is 0.266 e. The predicted molar refractivity (Wildman–Crippen MR) is 124 cm³/mol. The lowest BCUT2D eigenvalue weighted by atomic mass is 10.1. The van der Waals surface area contributed by atoms with Gasteiger partial charge in [0.25, 0.3) is 5.91 Å². The molecule has 4 rings (SSSR count). The van der Waals surface area contributed by atoms with E-state index in [4.69, 9.17) is 11.6 Å². The summed E-state index contributed by atoms with van der Waals surface area (Å²) < 4.78 is 30.6. The minimum Gasteiger partial charge on any atom is -0.317 e. The predicted octanol–water partition coefficient (Wildman–Crippen LogP) is 4.27. The van der Waals surface area contributed by atoms with E-state index in [0.717, 1.165) is 10.2 Å². The van der Waals surface area contributed by atoms with Crippen LogP contribution in [0.1, 0.15) is 30.9 Å². The molecule has 2 aromatic carbocycles. The zero-order valence-electron chi connectivity index (χ0n) is 17.6. The molecular weight excluding hydrogens is 454 g/mol. The molecule has 0 spiro atoms. The first-order valence-corrected chi connectivity index (χ1v) is 12.8. The maximum absolute atomic E-state index is 13.1. The van der Waals surface area contributed by atoms with E-state index < -0.39 is 22.0 Å². The molecule has 31 heavy (non-hydrogen) atoms. The number of carbonyl (C=O) groups excluding carboxylic acids is 1. The molecule has 1 unspecified atom stereocenters. The fourth-order valence-electron chi connectivity index (χ4n) is 3.90. The Hall–Kier alpha value is -2.00. The number of nitrogens with zero attached hydrogens (tertiary/aromatic N) is 3. The van der Waals surface area contributed by atoms with Gasteiger partial charge in [0.05, 0.1) is 15.1 Å². The van der Waals surface area contributed by atoms with Gasteiger partial charge in [0.1, 0.15) is 6.04 Å². The van der Waals surface area contributed by atoms with Crippen LogP contribution in [0, 0.1) is 13.8 Å². The Balaban J connectivity index is 1.72. The molecule has 1 aromatic heterocycles. The van der Waals surface area contributed by atoms with E-state index in [-0.39, 0.29) is 4.90 Å². The van der Waals surface area contributed by atoms with Gasteiger partial charge in [0, 0.05) is 18.1 Å². The molecule has 0 aliphatic carbocycles. The molecular formula is C22H24ClN3O3S2. The largest absolute Gasteiger partial charge is 0.317 e. The van der Waals surface area contributed by atoms with E-state index in [1.54, 1.807) is 0 Å². The second kappa shape index (κ2) is 8.50. The Kier molecular flexibility index (Phi) is 6.09. The number of sulfonamides is 1. The summed E-state index contributed by atoms with van der Waals surface area (Å²) in [7, 11) is -3.80. The maximum atomic E-state index is 13.1. The minimum absolute atomic E-state index is 0.132. The van der Waals surface area contributed by atoms with Gasteiger partial charge in [-0.3, -0.25) is 4.79 Å². The Bertz CT molecular complexity index is 1320. The summed E-state index contributed by atoms with van der Waals surface area (Å²) in [6.45, 7) is 7.11. The van der Waals surface area contributed by atoms with Crippen LogP contribution in [0.5, 0.6) is 0 Å². The molecule has 0 saturated carbocycles. The van der Waals surface area contributed by atoms with Crippen LogP contribution in [-0.4, -0.2) is 35.8 Å². The second-order valence-corrected chi connectivity index (χ2v) is 11.0. The van der Waals surface area contributed by atoms with E-state index >= 15 is 0 Å². The van der Waals surface area contributed by atoms with Crippen molar-refractivity contribution in [1.29, 1.82) is 0 Å². The summed E-state index contributed by atoms with van der Waals surface area (Å²) in [5.74, 6) is -0.419. The van der Waals surface area contributed by atoms with Crippen LogP contribution >= 0.6 is 22.9 Å². The fraction of sp³-hybridized carbons (Fsp3) is 0.364. The van der Waals surface area contributed by atoms with Crippen LogP contribution in [0.25, 0.3) is 10.2 Å². The van der Waals surface area contributed by atoms with E-state index in [2.05, 4.69) is 31.0 Å². The molecule has 3 aromatic rings. The summed E-state index contributed by atoms with van der Waals surface area (Å²) >= 11 is 7.35. The van der Waals surface area contributed by atoms with Gasteiger partial charge in [0.2, 0.25) is 10.0 Å². The summed E-state index contributed by atoms with van der Waals surface area (Å²) in [5, 5.41) is 0.461. The number of rotatable bonds is 4. The van der Waals surface area contributed by atoms with E-state index in [1.807, 2.05) is 11.5 Å². The molecule has 0 radical (unpaired) electrons. The minimum atomic E-state index is -3.80. The van der Waals surface area contributed by atoms with Gasteiger partial charge in [-0.2, -0.15) is 9.30 Å². The van der Waals surface area contributed by atoms with Crippen LogP contribution in [0.4, 0.5) is 0 Å². The Morgan fingerprint density at radius 2 is 1.87 bits per heavy atom. The lowest BCUT2D eigenvalue weighted by molar-refractivity contribution is -0.121. The van der Waals surface area contributed by atoms with Gasteiger partial charge in [-0.1, -0.05) is 22.9 Å². The summed E-state index contributed by atoms with van der Waals surface area (Å²) in [6, 6.07) is 9.44. The number of carbonyl (C=O) groups is 1. The molecule has 2 heterocycles. The third kappa shape index (κ3) is 4.09. The van der Waals surface area contributed by atoms with Crippen molar-refractivity contribution in [3.05, 3.63) is 57.3 Å². The van der Waals surface area contributed by atoms with Crippen molar-refractivity contribution in [3.8, 4) is 0 Å². The number of hydrogen-bond acceptors (Lipinski definition) is 4. The third-order valence-electron chi connectivity index (χ3n) is 5.73. The van der Waals surface area contributed by atoms with Crippen LogP contribution in [0.2, 0.25) is 5.02 Å². The number of fused-ring (bicyclic) bond motifs is 1. The molecule has 1 atom stereocenters. The van der Waals surface area contributed by atoms with Crippen molar-refractivity contribution in [2.45, 2.75) is 51.1 Å². The van der Waals surface area contributed by atoms with Gasteiger partial charge in [-0.25, -0.2) is 8.42 Å². The van der Waals surface area contributed by atoms with Crippen LogP contribution < -0.4 is 4.80 Å². The van der Waals surface area contributed by atoms with E-state index in [0.29, 0.717) is 35.8 Å². The van der Waals surface area contributed by atoms with Crippen molar-refractivity contribution in [3.63, 3.8) is 0 Å². The summed E-state index contributed by atoms with van der Waals surface area (Å²) in [4.78, 5) is 18.3. The number of halogens is 1. The molecule has 0 bridgehead atoms. The van der Waals surface area contributed by atoms with Crippen molar-refractivity contribution < 1.29 is 13.2 Å². The first-order valence-electron chi connectivity index (χ1n) is 10.2. The Labute approximate surface area is 190 Å². The molecule has 9 heteroatoms. The first kappa shape index (κ1) is 22.2. The molecule has 1 amide bonds. The van der Waals surface area contributed by atoms with Gasteiger partial charge in [-0.15, -0.1) is 0 Å². The number of hydrogen-bond donors (Lipinski definition) is 0. The molecule has 1 saturated heterocycles. The van der Waals surface area contributed by atoms with Gasteiger partial charge in [0.15, 0.2) is 4.80 Å². The fourth-order valence-corrected chi connectivity index (χ4v) is 6.85. The molecule has 1 aliphatic heterocycles. The number of amides is 1. The molecule has 1 aliphatic rings. The molecule has 1 fully saturated rings. The number of thiazole rings is 1. The van der Waals surface area contributed by atoms with Crippen molar-refractivity contribution >= 4 is 49.1 Å². The molecule has 6 nitrogen and oxygen atoms in total. The third-order valence-corrected chi connectivity index (χ3v) is 8.94. The monoisotopic (exact) mass is 477 g/mol. The summed E-state index contributed by atoms with van der Waals surface area (Å²) in [6.07, 6.45) is 1.09. The normalized spacial score (nSPS) is 18.2. The topological polar surface area (TPSA) is 71.7 Å². The highest BCUT2D eigenvalue weighted by Crippen LogP contribution is 2.28. The van der Waals surface area contributed by atoms with Crippen molar-refractivity contribution in [2.24, 2.45) is 4.99 Å². The van der Waals surface area contributed by atoms with Crippen LogP contribution in [0.3, 0.4) is 0 Å². The van der Waals surface area contributed by atoms with Crippen molar-refractivity contribution in [2.75, 3.05) is 6.54 Å². The van der Waals surface area contributed by atoms with Gasteiger partial charge in [-0.05, 0) is 81.1 Å². The second-order valence-electron chi connectivity index (χ2n) is 7.71. The highest BCUT2D eigenvalue weighted by Gasteiger charge is 2.39. The number of aryl methyl sites for hydroxylation is 3. The zero-order chi connectivity index (χ0) is 22.3. The SMILES string of the molecule is CCn1c(=NC(=O)C2CCCN2S(=O)(=O)c2ccc(Cl)cc2)sc2cc(C)c(C)cc21. The first-order chi connectivity index (χ1) is 14.7. The van der Waals surface area contributed by atoms with E-state index in [1.165, 1.54) is 51.0 Å². The van der Waals surface area contributed by atoms with Gasteiger partial charge >= 0.3 is 0 Å². The lowest BCUT2D eigenvalue weighted by Crippen LogP contribution is -2.40. The van der Waals surface area contributed by atoms with Crippen LogP contribution in [-0.2, 0) is 21.4 Å². The van der Waals surface area contributed by atoms with Crippen molar-refractivity contribution in [1.82, 2.24) is 8.87 Å². The summed E-state index contributed by atoms with van der Waals surface area (Å²) in [5.41, 5.74) is 3.41. The Morgan fingerprint density at radius 3 is 2.55 bits per heavy atom. The average molecular weight is 478 g/mol. The number of benzene rings is 2.